The Hall–Kier alpha value is 0.420. The van der Waals surface area contributed by atoms with Crippen molar-refractivity contribution in [1.82, 2.24) is 5.43 Å². The molecule has 3 unspecified atom stereocenters. The molecule has 1 fully saturated rings. The van der Waals surface area contributed by atoms with Gasteiger partial charge in [-0.1, -0.05) is 36.2 Å². The molecule has 1 aliphatic heterocycles. The van der Waals surface area contributed by atoms with Crippen molar-refractivity contribution < 1.29 is 0 Å². The maximum absolute atomic E-state index is 6.06. The van der Waals surface area contributed by atoms with Crippen molar-refractivity contribution in [2.45, 2.75) is 29.9 Å². The molecule has 0 aromatic heterocycles. The van der Waals surface area contributed by atoms with Gasteiger partial charge in [0, 0.05) is 28.0 Å². The van der Waals surface area contributed by atoms with E-state index in [1.54, 1.807) is 0 Å². The molecule has 1 aliphatic rings. The third-order valence-electron chi connectivity index (χ3n) is 3.29. The number of halogens is 2. The second kappa shape index (κ2) is 7.43. The topological polar surface area (TPSA) is 38.0 Å². The Kier molecular flexibility index (Phi) is 6.18. The molecule has 1 saturated heterocycles. The fourth-order valence-electron chi connectivity index (χ4n) is 2.28. The summed E-state index contributed by atoms with van der Waals surface area (Å²) in [6, 6.07) is 6.05. The summed E-state index contributed by atoms with van der Waals surface area (Å²) in [7, 11) is 0. The van der Waals surface area contributed by atoms with E-state index in [0.29, 0.717) is 20.5 Å². The lowest BCUT2D eigenvalue weighted by atomic mass is 10.0. The second-order valence-corrected chi connectivity index (χ2v) is 8.22. The number of benzene rings is 1. The highest BCUT2D eigenvalue weighted by molar-refractivity contribution is 8.07. The zero-order chi connectivity index (χ0) is 13.8. The molecule has 0 bridgehead atoms. The van der Waals surface area contributed by atoms with Gasteiger partial charge in [0.1, 0.15) is 0 Å². The van der Waals surface area contributed by atoms with Gasteiger partial charge in [-0.3, -0.25) is 11.3 Å². The number of hydrazine groups is 1. The quantitative estimate of drug-likeness (QED) is 0.650. The van der Waals surface area contributed by atoms with Crippen LogP contribution in [0, 0.1) is 0 Å². The molecule has 0 spiro atoms. The van der Waals surface area contributed by atoms with Crippen molar-refractivity contribution >= 4 is 46.7 Å². The predicted molar refractivity (Wildman–Crippen MR) is 89.4 cm³/mol. The fourth-order valence-corrected chi connectivity index (χ4v) is 5.55. The smallest absolute Gasteiger partial charge is 0.0595 e. The van der Waals surface area contributed by atoms with Crippen molar-refractivity contribution in [1.29, 1.82) is 0 Å². The first-order chi connectivity index (χ1) is 9.11. The van der Waals surface area contributed by atoms with Gasteiger partial charge in [-0.05, 0) is 24.1 Å². The van der Waals surface area contributed by atoms with E-state index in [1.165, 1.54) is 17.1 Å². The lowest BCUT2D eigenvalue weighted by Gasteiger charge is -2.34. The summed E-state index contributed by atoms with van der Waals surface area (Å²) < 4.78 is 0. The average Bonchev–Trinajstić information content (AvgIpc) is 2.41. The second-order valence-electron chi connectivity index (χ2n) is 4.64. The van der Waals surface area contributed by atoms with Crippen LogP contribution in [0.5, 0.6) is 0 Å². The van der Waals surface area contributed by atoms with Crippen LogP contribution in [0.3, 0.4) is 0 Å². The van der Waals surface area contributed by atoms with Crippen LogP contribution in [0.25, 0.3) is 0 Å². The fraction of sp³-hybridized carbons (Fsp3) is 0.538. The van der Waals surface area contributed by atoms with E-state index in [1.807, 2.05) is 41.7 Å². The van der Waals surface area contributed by atoms with Gasteiger partial charge in [0.15, 0.2) is 0 Å². The number of rotatable bonds is 4. The highest BCUT2D eigenvalue weighted by atomic mass is 35.5. The van der Waals surface area contributed by atoms with Gasteiger partial charge in [0.25, 0.3) is 0 Å². The molecule has 3 atom stereocenters. The highest BCUT2D eigenvalue weighted by Crippen LogP contribution is 2.34. The van der Waals surface area contributed by atoms with Gasteiger partial charge in [-0.2, -0.15) is 23.5 Å². The summed E-state index contributed by atoms with van der Waals surface area (Å²) in [5.74, 6) is 8.17. The number of nitrogens with two attached hydrogens (primary N) is 1. The first-order valence-electron chi connectivity index (χ1n) is 6.25. The Morgan fingerprint density at radius 3 is 2.68 bits per heavy atom. The standard InChI is InChI=1S/C13H18Cl2N2S2/c1-8-13(19-5-4-18-8)12(17-16)7-9-2-3-10(14)11(15)6-9/h2-3,6,8,12-13,17H,4-5,7,16H2,1H3. The molecule has 3 N–H and O–H groups in total. The lowest BCUT2D eigenvalue weighted by molar-refractivity contribution is 0.501. The Morgan fingerprint density at radius 2 is 2.05 bits per heavy atom. The van der Waals surface area contributed by atoms with Gasteiger partial charge in [0.05, 0.1) is 10.0 Å². The molecule has 0 aliphatic carbocycles. The van der Waals surface area contributed by atoms with Crippen molar-refractivity contribution in [3.05, 3.63) is 33.8 Å². The van der Waals surface area contributed by atoms with E-state index in [4.69, 9.17) is 29.0 Å². The minimum atomic E-state index is 0.255. The first kappa shape index (κ1) is 15.8. The summed E-state index contributed by atoms with van der Waals surface area (Å²) >= 11 is 16.0. The minimum Gasteiger partial charge on any atom is -0.271 e. The molecular weight excluding hydrogens is 319 g/mol. The van der Waals surface area contributed by atoms with Gasteiger partial charge in [0.2, 0.25) is 0 Å². The Balaban J connectivity index is 2.07. The minimum absolute atomic E-state index is 0.255. The van der Waals surface area contributed by atoms with Crippen LogP contribution < -0.4 is 11.3 Å². The zero-order valence-corrected chi connectivity index (χ0v) is 13.9. The Bertz CT molecular complexity index is 431. The van der Waals surface area contributed by atoms with Gasteiger partial charge in [-0.25, -0.2) is 0 Å². The molecule has 19 heavy (non-hydrogen) atoms. The van der Waals surface area contributed by atoms with Crippen LogP contribution >= 0.6 is 46.7 Å². The molecule has 6 heteroatoms. The van der Waals surface area contributed by atoms with Gasteiger partial charge < -0.3 is 0 Å². The average molecular weight is 337 g/mol. The first-order valence-corrected chi connectivity index (χ1v) is 9.10. The van der Waals surface area contributed by atoms with E-state index in [0.717, 1.165) is 6.42 Å². The normalized spacial score (nSPS) is 25.3. The number of nitrogens with one attached hydrogen (secondary N) is 1. The summed E-state index contributed by atoms with van der Waals surface area (Å²) in [4.78, 5) is 0. The maximum Gasteiger partial charge on any atom is 0.0595 e. The Morgan fingerprint density at radius 1 is 1.32 bits per heavy atom. The van der Waals surface area contributed by atoms with Crippen molar-refractivity contribution in [3.8, 4) is 0 Å². The van der Waals surface area contributed by atoms with Crippen LogP contribution in [0.15, 0.2) is 18.2 Å². The third-order valence-corrected chi connectivity index (χ3v) is 7.28. The lowest BCUT2D eigenvalue weighted by Crippen LogP contribution is -2.48. The molecule has 1 heterocycles. The van der Waals surface area contributed by atoms with Crippen LogP contribution in [-0.2, 0) is 6.42 Å². The summed E-state index contributed by atoms with van der Waals surface area (Å²) in [5.41, 5.74) is 4.14. The summed E-state index contributed by atoms with van der Waals surface area (Å²) in [5, 5.41) is 2.34. The van der Waals surface area contributed by atoms with E-state index in [-0.39, 0.29) is 6.04 Å². The highest BCUT2D eigenvalue weighted by Gasteiger charge is 2.29. The molecule has 106 valence electrons. The molecule has 1 aromatic rings. The van der Waals surface area contributed by atoms with Crippen molar-refractivity contribution in [2.24, 2.45) is 5.84 Å². The monoisotopic (exact) mass is 336 g/mol. The summed E-state index contributed by atoms with van der Waals surface area (Å²) in [6.07, 6.45) is 0.871. The number of hydrogen-bond acceptors (Lipinski definition) is 4. The van der Waals surface area contributed by atoms with Crippen LogP contribution in [0.4, 0.5) is 0 Å². The van der Waals surface area contributed by atoms with Crippen LogP contribution in [-0.4, -0.2) is 28.0 Å². The molecule has 2 rings (SSSR count). The molecular formula is C13H18Cl2N2S2. The molecule has 0 saturated carbocycles. The number of thioether (sulfide) groups is 2. The molecule has 2 nitrogen and oxygen atoms in total. The Labute approximate surface area is 133 Å². The number of hydrogen-bond donors (Lipinski definition) is 2. The SMILES string of the molecule is CC1SCCSC1C(Cc1ccc(Cl)c(Cl)c1)NN. The van der Waals surface area contributed by atoms with Gasteiger partial charge >= 0.3 is 0 Å². The maximum atomic E-state index is 6.06. The van der Waals surface area contributed by atoms with E-state index >= 15 is 0 Å². The summed E-state index contributed by atoms with van der Waals surface area (Å²) in [6.45, 7) is 2.28. The van der Waals surface area contributed by atoms with Crippen LogP contribution in [0.2, 0.25) is 10.0 Å². The van der Waals surface area contributed by atoms with Crippen molar-refractivity contribution in [3.63, 3.8) is 0 Å². The molecule has 0 radical (unpaired) electrons. The van der Waals surface area contributed by atoms with Crippen LogP contribution in [0.1, 0.15) is 12.5 Å². The molecule has 0 amide bonds. The zero-order valence-electron chi connectivity index (χ0n) is 10.7. The largest absolute Gasteiger partial charge is 0.271 e. The predicted octanol–water partition coefficient (Wildman–Crippen LogP) is 3.60. The third kappa shape index (κ3) is 4.19. The molecule has 1 aromatic carbocycles. The van der Waals surface area contributed by atoms with E-state index in [2.05, 4.69) is 12.3 Å². The van der Waals surface area contributed by atoms with E-state index in [9.17, 15) is 0 Å². The van der Waals surface area contributed by atoms with Gasteiger partial charge in [-0.15, -0.1) is 0 Å². The van der Waals surface area contributed by atoms with E-state index < -0.39 is 0 Å². The van der Waals surface area contributed by atoms with Crippen molar-refractivity contribution in [2.75, 3.05) is 11.5 Å².